The van der Waals surface area contributed by atoms with Crippen LogP contribution in [0.15, 0.2) is 36.4 Å². The summed E-state index contributed by atoms with van der Waals surface area (Å²) in [4.78, 5) is 0. The summed E-state index contributed by atoms with van der Waals surface area (Å²) in [7, 11) is 1.58. The van der Waals surface area contributed by atoms with Gasteiger partial charge in [-0.15, -0.1) is 0 Å². The topological polar surface area (TPSA) is 35.2 Å². The fraction of sp³-hybridized carbons (Fsp3) is 0.200. The maximum Gasteiger partial charge on any atom is 0.141 e. The van der Waals surface area contributed by atoms with Crippen LogP contribution in [0.4, 0.5) is 4.39 Å². The van der Waals surface area contributed by atoms with E-state index in [9.17, 15) is 4.39 Å². The van der Waals surface area contributed by atoms with E-state index in [2.05, 4.69) is 0 Å². The lowest BCUT2D eigenvalue weighted by molar-refractivity contribution is 0.405. The van der Waals surface area contributed by atoms with Crippen molar-refractivity contribution in [1.82, 2.24) is 0 Å². The van der Waals surface area contributed by atoms with E-state index in [4.69, 9.17) is 33.7 Å². The van der Waals surface area contributed by atoms with Crippen molar-refractivity contribution in [1.29, 1.82) is 0 Å². The van der Waals surface area contributed by atoms with Crippen LogP contribution in [-0.4, -0.2) is 7.11 Å². The Morgan fingerprint density at radius 1 is 1.20 bits per heavy atom. The van der Waals surface area contributed by atoms with E-state index in [0.29, 0.717) is 17.2 Å². The first-order valence-corrected chi connectivity index (χ1v) is 6.80. The summed E-state index contributed by atoms with van der Waals surface area (Å²) >= 11 is 11.8. The Labute approximate surface area is 127 Å². The smallest absolute Gasteiger partial charge is 0.141 e. The van der Waals surface area contributed by atoms with E-state index in [1.54, 1.807) is 37.4 Å². The van der Waals surface area contributed by atoms with E-state index in [0.717, 1.165) is 11.1 Å². The number of methoxy groups -OCH3 is 1. The first-order valence-electron chi connectivity index (χ1n) is 6.04. The Balaban J connectivity index is 2.25. The lowest BCUT2D eigenvalue weighted by Gasteiger charge is -2.16. The number of hydrogen-bond acceptors (Lipinski definition) is 2. The van der Waals surface area contributed by atoms with Gasteiger partial charge in [-0.2, -0.15) is 0 Å². The Hall–Kier alpha value is -1.29. The van der Waals surface area contributed by atoms with Crippen molar-refractivity contribution in [2.45, 2.75) is 12.5 Å². The third-order valence-electron chi connectivity index (χ3n) is 3.03. The summed E-state index contributed by atoms with van der Waals surface area (Å²) in [6.07, 6.45) is 0.511. The van der Waals surface area contributed by atoms with Gasteiger partial charge in [-0.1, -0.05) is 29.3 Å². The second-order valence-electron chi connectivity index (χ2n) is 4.45. The maximum absolute atomic E-state index is 13.1. The number of hydrogen-bond donors (Lipinski definition) is 1. The van der Waals surface area contributed by atoms with E-state index in [1.165, 1.54) is 6.07 Å². The molecule has 0 saturated carbocycles. The molecule has 0 fully saturated rings. The molecule has 0 aliphatic carbocycles. The Morgan fingerprint density at radius 2 is 1.95 bits per heavy atom. The van der Waals surface area contributed by atoms with Crippen LogP contribution in [-0.2, 0) is 6.42 Å². The minimum absolute atomic E-state index is 0.0905. The zero-order chi connectivity index (χ0) is 14.7. The summed E-state index contributed by atoms with van der Waals surface area (Å²) in [5.41, 5.74) is 7.84. The number of ether oxygens (including phenoxy) is 1. The van der Waals surface area contributed by atoms with Gasteiger partial charge in [-0.3, -0.25) is 0 Å². The molecule has 0 heterocycles. The minimum atomic E-state index is -0.440. The highest BCUT2D eigenvalue weighted by molar-refractivity contribution is 6.31. The van der Waals surface area contributed by atoms with Gasteiger partial charge >= 0.3 is 0 Å². The maximum atomic E-state index is 13.1. The van der Waals surface area contributed by atoms with E-state index in [-0.39, 0.29) is 11.1 Å². The van der Waals surface area contributed by atoms with Gasteiger partial charge in [0.05, 0.1) is 12.1 Å². The normalized spacial score (nSPS) is 12.2. The van der Waals surface area contributed by atoms with Crippen LogP contribution in [0.1, 0.15) is 17.2 Å². The average Bonchev–Trinajstić information content (AvgIpc) is 2.43. The number of halogens is 3. The van der Waals surface area contributed by atoms with Gasteiger partial charge in [-0.05, 0) is 42.3 Å². The van der Waals surface area contributed by atoms with Gasteiger partial charge in [0.25, 0.3) is 0 Å². The molecule has 1 unspecified atom stereocenters. The van der Waals surface area contributed by atoms with Gasteiger partial charge in [0, 0.05) is 16.6 Å². The molecular formula is C15H14Cl2FNO. The van der Waals surface area contributed by atoms with Crippen molar-refractivity contribution in [2.24, 2.45) is 5.73 Å². The van der Waals surface area contributed by atoms with Crippen molar-refractivity contribution >= 4 is 23.2 Å². The molecular weight excluding hydrogens is 300 g/mol. The third-order valence-corrected chi connectivity index (χ3v) is 3.56. The van der Waals surface area contributed by atoms with Crippen molar-refractivity contribution < 1.29 is 9.13 Å². The quantitative estimate of drug-likeness (QED) is 0.909. The highest BCUT2D eigenvalue weighted by Crippen LogP contribution is 2.29. The predicted molar refractivity (Wildman–Crippen MR) is 80.0 cm³/mol. The fourth-order valence-electron chi connectivity index (χ4n) is 2.03. The summed E-state index contributed by atoms with van der Waals surface area (Å²) in [6.45, 7) is 0. The summed E-state index contributed by atoms with van der Waals surface area (Å²) in [5.74, 6) is 0.236. The standard InChI is InChI=1S/C15H14Cl2FNO/c1-20-15-5-3-10(16)8-11(15)14(19)7-9-2-4-13(18)12(17)6-9/h2-6,8,14H,7,19H2,1H3. The number of nitrogens with two attached hydrogens (primary N) is 1. The van der Waals surface area contributed by atoms with Gasteiger partial charge < -0.3 is 10.5 Å². The van der Waals surface area contributed by atoms with Crippen LogP contribution >= 0.6 is 23.2 Å². The van der Waals surface area contributed by atoms with Crippen LogP contribution in [0.25, 0.3) is 0 Å². The molecule has 0 aliphatic rings. The minimum Gasteiger partial charge on any atom is -0.496 e. The molecule has 0 saturated heterocycles. The molecule has 2 N–H and O–H groups in total. The lowest BCUT2D eigenvalue weighted by atomic mass is 9.99. The second kappa shape index (κ2) is 6.44. The van der Waals surface area contributed by atoms with E-state index < -0.39 is 5.82 Å². The summed E-state index contributed by atoms with van der Waals surface area (Å²) in [6, 6.07) is 9.55. The predicted octanol–water partition coefficient (Wildman–Crippen LogP) is 4.38. The lowest BCUT2D eigenvalue weighted by Crippen LogP contribution is -2.14. The van der Waals surface area contributed by atoms with Crippen molar-refractivity contribution in [3.63, 3.8) is 0 Å². The highest BCUT2D eigenvalue weighted by Gasteiger charge is 2.14. The zero-order valence-corrected chi connectivity index (χ0v) is 12.4. The molecule has 0 amide bonds. The summed E-state index contributed by atoms with van der Waals surface area (Å²) in [5, 5.41) is 0.682. The average molecular weight is 314 g/mol. The number of rotatable bonds is 4. The molecule has 20 heavy (non-hydrogen) atoms. The Morgan fingerprint density at radius 3 is 2.60 bits per heavy atom. The van der Waals surface area contributed by atoms with Gasteiger partial charge in [0.2, 0.25) is 0 Å². The molecule has 0 aliphatic heterocycles. The van der Waals surface area contributed by atoms with E-state index >= 15 is 0 Å². The monoisotopic (exact) mass is 313 g/mol. The van der Waals surface area contributed by atoms with Crippen LogP contribution in [0, 0.1) is 5.82 Å². The molecule has 2 rings (SSSR count). The molecule has 1 atom stereocenters. The van der Waals surface area contributed by atoms with Gasteiger partial charge in [0.1, 0.15) is 11.6 Å². The first-order chi connectivity index (χ1) is 9.51. The van der Waals surface area contributed by atoms with E-state index in [1.807, 2.05) is 0 Å². The number of benzene rings is 2. The summed E-state index contributed by atoms with van der Waals surface area (Å²) < 4.78 is 18.4. The first kappa shape index (κ1) is 15.1. The SMILES string of the molecule is COc1ccc(Cl)cc1C(N)Cc1ccc(F)c(Cl)c1. The fourth-order valence-corrected chi connectivity index (χ4v) is 2.41. The van der Waals surface area contributed by atoms with Gasteiger partial charge in [0.15, 0.2) is 0 Å². The van der Waals surface area contributed by atoms with Crippen molar-refractivity contribution in [3.05, 3.63) is 63.4 Å². The Bertz CT molecular complexity index is 619. The molecule has 2 aromatic rings. The van der Waals surface area contributed by atoms with Crippen LogP contribution in [0.5, 0.6) is 5.75 Å². The van der Waals surface area contributed by atoms with Crippen LogP contribution in [0.2, 0.25) is 10.0 Å². The molecule has 0 spiro atoms. The Kier molecular flexibility index (Phi) is 4.86. The second-order valence-corrected chi connectivity index (χ2v) is 5.29. The molecule has 0 aromatic heterocycles. The van der Waals surface area contributed by atoms with Crippen molar-refractivity contribution in [2.75, 3.05) is 7.11 Å². The molecule has 2 nitrogen and oxygen atoms in total. The third kappa shape index (κ3) is 3.42. The van der Waals surface area contributed by atoms with Gasteiger partial charge in [-0.25, -0.2) is 4.39 Å². The molecule has 2 aromatic carbocycles. The highest BCUT2D eigenvalue weighted by atomic mass is 35.5. The largest absolute Gasteiger partial charge is 0.496 e. The van der Waals surface area contributed by atoms with Crippen molar-refractivity contribution in [3.8, 4) is 5.75 Å². The van der Waals surface area contributed by atoms with Crippen LogP contribution < -0.4 is 10.5 Å². The van der Waals surface area contributed by atoms with Crippen LogP contribution in [0.3, 0.4) is 0 Å². The molecule has 106 valence electrons. The zero-order valence-electron chi connectivity index (χ0n) is 10.9. The molecule has 0 radical (unpaired) electrons. The molecule has 5 heteroatoms. The molecule has 0 bridgehead atoms.